The molecule has 0 heterocycles. The lowest BCUT2D eigenvalue weighted by Gasteiger charge is -2.35. The summed E-state index contributed by atoms with van der Waals surface area (Å²) in [5.74, 6) is -0.763. The van der Waals surface area contributed by atoms with Gasteiger partial charge in [-0.05, 0) is 63.4 Å². The zero-order valence-electron chi connectivity index (χ0n) is 23.6. The second-order valence-electron chi connectivity index (χ2n) is 11.1. The van der Waals surface area contributed by atoms with Crippen LogP contribution >= 0.6 is 0 Å². The number of carbonyl (C=O) groups excluding carboxylic acids is 2. The molecule has 2 amide bonds. The molecule has 0 radical (unpaired) electrons. The smallest absolute Gasteiger partial charge is 0.244 e. The predicted molar refractivity (Wildman–Crippen MR) is 157 cm³/mol. The molecule has 0 saturated heterocycles. The Balaban J connectivity index is 2.07. The van der Waals surface area contributed by atoms with E-state index in [0.29, 0.717) is 5.69 Å². The summed E-state index contributed by atoms with van der Waals surface area (Å²) in [5.41, 5.74) is 3.57. The van der Waals surface area contributed by atoms with E-state index in [9.17, 15) is 18.0 Å². The fourth-order valence-corrected chi connectivity index (χ4v) is 5.14. The van der Waals surface area contributed by atoms with Crippen molar-refractivity contribution in [3.05, 3.63) is 101 Å². The molecule has 0 bridgehead atoms. The molecule has 0 fully saturated rings. The molecule has 3 aromatic carbocycles. The van der Waals surface area contributed by atoms with Gasteiger partial charge in [0.1, 0.15) is 12.6 Å². The highest BCUT2D eigenvalue weighted by Crippen LogP contribution is 2.22. The quantitative estimate of drug-likeness (QED) is 0.400. The second-order valence-corrected chi connectivity index (χ2v) is 13.0. The molecule has 3 rings (SSSR count). The van der Waals surface area contributed by atoms with Crippen LogP contribution in [0.2, 0.25) is 0 Å². The van der Waals surface area contributed by atoms with Crippen molar-refractivity contribution in [2.24, 2.45) is 0 Å². The number of nitrogens with zero attached hydrogens (tertiary/aromatic N) is 2. The normalized spacial score (nSPS) is 12.5. The van der Waals surface area contributed by atoms with Crippen LogP contribution in [0.4, 0.5) is 5.69 Å². The zero-order valence-corrected chi connectivity index (χ0v) is 24.5. The van der Waals surface area contributed by atoms with Crippen molar-refractivity contribution in [1.29, 1.82) is 0 Å². The van der Waals surface area contributed by atoms with Gasteiger partial charge in [-0.25, -0.2) is 8.42 Å². The Morgan fingerprint density at radius 3 is 2.05 bits per heavy atom. The molecule has 8 heteroatoms. The summed E-state index contributed by atoms with van der Waals surface area (Å²) in [7, 11) is -3.79. The van der Waals surface area contributed by atoms with E-state index < -0.39 is 34.1 Å². The lowest BCUT2D eigenvalue weighted by molar-refractivity contribution is -0.140. The van der Waals surface area contributed by atoms with Gasteiger partial charge >= 0.3 is 0 Å². The third kappa shape index (κ3) is 8.96. The van der Waals surface area contributed by atoms with E-state index in [4.69, 9.17) is 0 Å². The lowest BCUT2D eigenvalue weighted by Crippen LogP contribution is -2.56. The molecule has 0 spiro atoms. The van der Waals surface area contributed by atoms with Crippen molar-refractivity contribution in [3.8, 4) is 0 Å². The Hall–Kier alpha value is -3.65. The molecule has 0 aliphatic heterocycles. The minimum Gasteiger partial charge on any atom is -0.350 e. The fraction of sp³-hybridized carbons (Fsp3) is 0.355. The summed E-state index contributed by atoms with van der Waals surface area (Å²) in [6, 6.07) is 23.4. The average molecular weight is 550 g/mol. The van der Waals surface area contributed by atoms with Crippen molar-refractivity contribution < 1.29 is 18.0 Å². The van der Waals surface area contributed by atoms with Crippen LogP contribution in [0.5, 0.6) is 0 Å². The molecule has 0 aromatic heterocycles. The van der Waals surface area contributed by atoms with Gasteiger partial charge in [-0.3, -0.25) is 13.9 Å². The summed E-state index contributed by atoms with van der Waals surface area (Å²) in [6.07, 6.45) is 1.37. The molecule has 1 N–H and O–H groups in total. The van der Waals surface area contributed by atoms with E-state index in [1.165, 1.54) is 4.90 Å². The number of rotatable bonds is 10. The Kier molecular flexibility index (Phi) is 9.56. The molecule has 39 heavy (non-hydrogen) atoms. The van der Waals surface area contributed by atoms with Gasteiger partial charge in [-0.1, -0.05) is 72.3 Å². The van der Waals surface area contributed by atoms with Gasteiger partial charge in [-0.2, -0.15) is 0 Å². The number of hydrogen-bond acceptors (Lipinski definition) is 4. The second kappa shape index (κ2) is 12.5. The maximum atomic E-state index is 14.1. The van der Waals surface area contributed by atoms with Gasteiger partial charge in [0, 0.05) is 18.5 Å². The number of amides is 2. The first-order valence-corrected chi connectivity index (χ1v) is 14.8. The Morgan fingerprint density at radius 1 is 0.846 bits per heavy atom. The van der Waals surface area contributed by atoms with Crippen molar-refractivity contribution >= 4 is 27.5 Å². The van der Waals surface area contributed by atoms with E-state index in [0.717, 1.165) is 32.8 Å². The zero-order chi connectivity index (χ0) is 28.8. The van der Waals surface area contributed by atoms with E-state index in [1.807, 2.05) is 95.3 Å². The minimum absolute atomic E-state index is 0.152. The number of anilines is 1. The molecular weight excluding hydrogens is 510 g/mol. The molecule has 208 valence electrons. The van der Waals surface area contributed by atoms with Gasteiger partial charge in [-0.15, -0.1) is 0 Å². The van der Waals surface area contributed by atoms with Crippen molar-refractivity contribution in [2.75, 3.05) is 17.1 Å². The number of benzene rings is 3. The fourth-order valence-electron chi connectivity index (χ4n) is 4.29. The molecule has 1 atom stereocenters. The van der Waals surface area contributed by atoms with Crippen LogP contribution in [0.15, 0.2) is 78.9 Å². The predicted octanol–water partition coefficient (Wildman–Crippen LogP) is 4.62. The topological polar surface area (TPSA) is 86.8 Å². The highest BCUT2D eigenvalue weighted by molar-refractivity contribution is 7.92. The van der Waals surface area contributed by atoms with Crippen LogP contribution in [0.25, 0.3) is 0 Å². The largest absolute Gasteiger partial charge is 0.350 e. The lowest BCUT2D eigenvalue weighted by atomic mass is 10.0. The van der Waals surface area contributed by atoms with Gasteiger partial charge in [0.25, 0.3) is 0 Å². The van der Waals surface area contributed by atoms with E-state index in [1.54, 1.807) is 18.2 Å². The SMILES string of the molecule is Cc1ccc(CN(C(=O)CN(c2cccc(C)c2)S(C)(=O)=O)[C@H](Cc2ccccc2)C(=O)NC(C)(C)C)cc1. The summed E-state index contributed by atoms with van der Waals surface area (Å²) >= 11 is 0. The third-order valence-corrected chi connectivity index (χ3v) is 7.35. The molecule has 3 aromatic rings. The van der Waals surface area contributed by atoms with Crippen LogP contribution in [-0.2, 0) is 32.6 Å². The number of hydrogen-bond donors (Lipinski definition) is 1. The number of aryl methyl sites for hydroxylation is 2. The van der Waals surface area contributed by atoms with Crippen molar-refractivity contribution in [2.45, 2.75) is 59.2 Å². The Bertz CT molecular complexity index is 1380. The highest BCUT2D eigenvalue weighted by atomic mass is 32.2. The summed E-state index contributed by atoms with van der Waals surface area (Å²) in [4.78, 5) is 29.3. The third-order valence-electron chi connectivity index (χ3n) is 6.21. The molecule has 7 nitrogen and oxygen atoms in total. The Morgan fingerprint density at radius 2 is 1.49 bits per heavy atom. The van der Waals surface area contributed by atoms with E-state index >= 15 is 0 Å². The van der Waals surface area contributed by atoms with Crippen LogP contribution in [0.1, 0.15) is 43.0 Å². The van der Waals surface area contributed by atoms with Crippen molar-refractivity contribution in [1.82, 2.24) is 10.2 Å². The Labute approximate surface area is 232 Å². The number of nitrogens with one attached hydrogen (secondary N) is 1. The molecular formula is C31H39N3O4S. The van der Waals surface area contributed by atoms with Crippen LogP contribution in [-0.4, -0.2) is 49.5 Å². The first-order chi connectivity index (χ1) is 18.2. The van der Waals surface area contributed by atoms with Gasteiger partial charge in [0.2, 0.25) is 21.8 Å². The van der Waals surface area contributed by atoms with Crippen molar-refractivity contribution in [3.63, 3.8) is 0 Å². The van der Waals surface area contributed by atoms with Gasteiger partial charge in [0.05, 0.1) is 11.9 Å². The number of carbonyl (C=O) groups is 2. The summed E-state index contributed by atoms with van der Waals surface area (Å²) < 4.78 is 26.8. The highest BCUT2D eigenvalue weighted by Gasteiger charge is 2.34. The molecule has 0 aliphatic rings. The maximum Gasteiger partial charge on any atom is 0.244 e. The number of sulfonamides is 1. The molecule has 0 aliphatic carbocycles. The van der Waals surface area contributed by atoms with E-state index in [2.05, 4.69) is 5.32 Å². The average Bonchev–Trinajstić information content (AvgIpc) is 2.84. The standard InChI is InChI=1S/C31H39N3O4S/c1-23-15-17-26(18-16-23)21-33(28(30(36)32-31(3,4)5)20-25-12-8-7-9-13-25)29(35)22-34(39(6,37)38)27-14-10-11-24(2)19-27/h7-19,28H,20-22H2,1-6H3,(H,32,36)/t28-/m1/s1. The minimum atomic E-state index is -3.79. The monoisotopic (exact) mass is 549 g/mol. The molecule has 0 unspecified atom stereocenters. The van der Waals surface area contributed by atoms with Gasteiger partial charge in [0.15, 0.2) is 0 Å². The van der Waals surface area contributed by atoms with E-state index in [-0.39, 0.29) is 18.9 Å². The summed E-state index contributed by atoms with van der Waals surface area (Å²) in [6.45, 7) is 9.23. The van der Waals surface area contributed by atoms with Crippen LogP contribution < -0.4 is 9.62 Å². The van der Waals surface area contributed by atoms with Crippen LogP contribution in [0, 0.1) is 13.8 Å². The van der Waals surface area contributed by atoms with Gasteiger partial charge < -0.3 is 10.2 Å². The molecule has 0 saturated carbocycles. The maximum absolute atomic E-state index is 14.1. The summed E-state index contributed by atoms with van der Waals surface area (Å²) in [5, 5.41) is 3.03. The first-order valence-electron chi connectivity index (χ1n) is 13.0. The van der Waals surface area contributed by atoms with Crippen LogP contribution in [0.3, 0.4) is 0 Å². The first kappa shape index (κ1) is 29.9.